The summed E-state index contributed by atoms with van der Waals surface area (Å²) in [5.74, 6) is -1.08. The summed E-state index contributed by atoms with van der Waals surface area (Å²) in [6.07, 6.45) is 0. The number of sulfonamides is 1. The maximum absolute atomic E-state index is 13.9. The summed E-state index contributed by atoms with van der Waals surface area (Å²) in [4.78, 5) is 13.6. The Morgan fingerprint density at radius 2 is 1.83 bits per heavy atom. The largest absolute Gasteiger partial charge is 0.460 e. The van der Waals surface area contributed by atoms with E-state index in [0.29, 0.717) is 17.5 Å². The Balaban J connectivity index is 1.44. The summed E-state index contributed by atoms with van der Waals surface area (Å²) in [6.45, 7) is 2.00. The minimum Gasteiger partial charge on any atom is -0.460 e. The highest BCUT2D eigenvalue weighted by Crippen LogP contribution is 2.23. The first kappa shape index (κ1) is 20.2. The summed E-state index contributed by atoms with van der Waals surface area (Å²) in [7, 11) is -4.13. The van der Waals surface area contributed by atoms with Crippen LogP contribution in [0.1, 0.15) is 16.2 Å². The molecular weight excluding hydrogens is 418 g/mol. The highest BCUT2D eigenvalue weighted by atomic mass is 32.2. The Hall–Kier alpha value is -3.05. The van der Waals surface area contributed by atoms with Gasteiger partial charge in [0.2, 0.25) is 10.0 Å². The predicted molar refractivity (Wildman–Crippen MR) is 102 cm³/mol. The first-order valence-corrected chi connectivity index (χ1v) is 10.6. The van der Waals surface area contributed by atoms with Gasteiger partial charge in [-0.3, -0.25) is 9.89 Å². The van der Waals surface area contributed by atoms with Crippen LogP contribution in [0.25, 0.3) is 11.5 Å². The van der Waals surface area contributed by atoms with Gasteiger partial charge in [0.25, 0.3) is 5.91 Å². The standard InChI is InChI=1S/C19H18F2N4O4S/c1-12-2-4-17(29-12)15-11-16(23-22-15)19(26)24-6-8-25(9-7-24)30(27,28)18-5-3-13(20)10-14(18)21/h2-5,10-11H,6-9H2,1H3,(H,22,23). The van der Waals surface area contributed by atoms with Crippen molar-refractivity contribution in [2.24, 2.45) is 0 Å². The van der Waals surface area contributed by atoms with Crippen LogP contribution < -0.4 is 0 Å². The number of aryl methyl sites for hydroxylation is 1. The number of furan rings is 1. The van der Waals surface area contributed by atoms with Gasteiger partial charge in [-0.05, 0) is 31.2 Å². The lowest BCUT2D eigenvalue weighted by Crippen LogP contribution is -2.50. The van der Waals surface area contributed by atoms with Crippen LogP contribution in [0.3, 0.4) is 0 Å². The van der Waals surface area contributed by atoms with E-state index in [4.69, 9.17) is 4.42 Å². The number of aromatic amines is 1. The lowest BCUT2D eigenvalue weighted by atomic mass is 10.2. The maximum atomic E-state index is 13.9. The molecule has 2 aromatic heterocycles. The second-order valence-electron chi connectivity index (χ2n) is 6.85. The maximum Gasteiger partial charge on any atom is 0.274 e. The van der Waals surface area contributed by atoms with Gasteiger partial charge < -0.3 is 9.32 Å². The quantitative estimate of drug-likeness (QED) is 0.677. The fourth-order valence-electron chi connectivity index (χ4n) is 3.25. The highest BCUT2D eigenvalue weighted by molar-refractivity contribution is 7.89. The molecule has 1 amide bonds. The molecule has 158 valence electrons. The molecule has 1 aliphatic heterocycles. The smallest absolute Gasteiger partial charge is 0.274 e. The van der Waals surface area contributed by atoms with Crippen molar-refractivity contribution >= 4 is 15.9 Å². The topological polar surface area (TPSA) is 99.5 Å². The molecule has 1 N–H and O–H groups in total. The van der Waals surface area contributed by atoms with Crippen molar-refractivity contribution in [2.45, 2.75) is 11.8 Å². The zero-order valence-corrected chi connectivity index (χ0v) is 16.7. The molecule has 0 bridgehead atoms. The number of hydrogen-bond donors (Lipinski definition) is 1. The SMILES string of the molecule is Cc1ccc(-c2cc(C(=O)N3CCN(S(=O)(=O)c4ccc(F)cc4F)CC3)n[nH]2)o1. The Bertz CT molecular complexity index is 1200. The van der Waals surface area contributed by atoms with E-state index < -0.39 is 26.6 Å². The third-order valence-electron chi connectivity index (χ3n) is 4.84. The number of halogens is 2. The lowest BCUT2D eigenvalue weighted by molar-refractivity contribution is 0.0691. The van der Waals surface area contributed by atoms with E-state index in [-0.39, 0.29) is 37.8 Å². The fourth-order valence-corrected chi connectivity index (χ4v) is 4.72. The summed E-state index contributed by atoms with van der Waals surface area (Å²) in [5, 5.41) is 6.77. The van der Waals surface area contributed by atoms with Crippen LogP contribution >= 0.6 is 0 Å². The summed E-state index contributed by atoms with van der Waals surface area (Å²) >= 11 is 0. The van der Waals surface area contributed by atoms with Crippen molar-refractivity contribution in [3.63, 3.8) is 0 Å². The zero-order chi connectivity index (χ0) is 21.5. The van der Waals surface area contributed by atoms with Crippen LogP contribution in [-0.2, 0) is 10.0 Å². The molecule has 3 aromatic rings. The van der Waals surface area contributed by atoms with E-state index in [1.807, 2.05) is 0 Å². The van der Waals surface area contributed by atoms with Gasteiger partial charge in [0.1, 0.15) is 28.0 Å². The van der Waals surface area contributed by atoms with Crippen molar-refractivity contribution in [1.29, 1.82) is 0 Å². The fraction of sp³-hybridized carbons (Fsp3) is 0.263. The van der Waals surface area contributed by atoms with E-state index >= 15 is 0 Å². The van der Waals surface area contributed by atoms with Gasteiger partial charge in [0.05, 0.1) is 0 Å². The average Bonchev–Trinajstić information content (AvgIpc) is 3.36. The van der Waals surface area contributed by atoms with Crippen LogP contribution in [0.2, 0.25) is 0 Å². The Labute approximate surface area is 171 Å². The van der Waals surface area contributed by atoms with Gasteiger partial charge >= 0.3 is 0 Å². The average molecular weight is 436 g/mol. The number of piperazine rings is 1. The lowest BCUT2D eigenvalue weighted by Gasteiger charge is -2.33. The number of H-pyrrole nitrogens is 1. The Morgan fingerprint density at radius 3 is 2.47 bits per heavy atom. The van der Waals surface area contributed by atoms with E-state index in [9.17, 15) is 22.0 Å². The van der Waals surface area contributed by atoms with Gasteiger partial charge in [-0.2, -0.15) is 9.40 Å². The molecule has 30 heavy (non-hydrogen) atoms. The van der Waals surface area contributed by atoms with Crippen molar-refractivity contribution in [3.05, 3.63) is 59.5 Å². The molecule has 0 spiro atoms. The first-order valence-electron chi connectivity index (χ1n) is 9.12. The van der Waals surface area contributed by atoms with Crippen LogP contribution in [0.4, 0.5) is 8.78 Å². The number of aromatic nitrogens is 2. The summed E-state index contributed by atoms with van der Waals surface area (Å²) in [6, 6.07) is 7.45. The third-order valence-corrected chi connectivity index (χ3v) is 6.77. The van der Waals surface area contributed by atoms with E-state index in [1.54, 1.807) is 25.1 Å². The minimum absolute atomic E-state index is 0.0143. The number of amides is 1. The number of rotatable bonds is 4. The molecule has 3 heterocycles. The van der Waals surface area contributed by atoms with Crippen molar-refractivity contribution < 1.29 is 26.4 Å². The molecule has 0 aliphatic carbocycles. The number of nitrogens with one attached hydrogen (secondary N) is 1. The molecule has 1 aromatic carbocycles. The molecule has 11 heteroatoms. The summed E-state index contributed by atoms with van der Waals surface area (Å²) < 4.78 is 58.9. The molecular formula is C19H18F2N4O4S. The summed E-state index contributed by atoms with van der Waals surface area (Å²) in [5.41, 5.74) is 0.736. The van der Waals surface area contributed by atoms with E-state index in [0.717, 1.165) is 22.2 Å². The first-order chi connectivity index (χ1) is 14.3. The molecule has 8 nitrogen and oxygen atoms in total. The van der Waals surface area contributed by atoms with Crippen LogP contribution in [0, 0.1) is 18.6 Å². The number of benzene rings is 1. The molecule has 1 aliphatic rings. The van der Waals surface area contributed by atoms with Gasteiger partial charge in [0.15, 0.2) is 11.5 Å². The number of carbonyl (C=O) groups is 1. The monoisotopic (exact) mass is 436 g/mol. The van der Waals surface area contributed by atoms with Gasteiger partial charge in [-0.25, -0.2) is 17.2 Å². The third kappa shape index (κ3) is 3.73. The van der Waals surface area contributed by atoms with E-state index in [2.05, 4.69) is 10.2 Å². The van der Waals surface area contributed by atoms with Gasteiger partial charge in [-0.15, -0.1) is 0 Å². The van der Waals surface area contributed by atoms with Crippen molar-refractivity contribution in [3.8, 4) is 11.5 Å². The highest BCUT2D eigenvalue weighted by Gasteiger charge is 2.33. The number of hydrogen-bond acceptors (Lipinski definition) is 5. The van der Waals surface area contributed by atoms with Crippen molar-refractivity contribution in [2.75, 3.05) is 26.2 Å². The molecule has 0 saturated carbocycles. The molecule has 1 saturated heterocycles. The van der Waals surface area contributed by atoms with Crippen LogP contribution in [0.5, 0.6) is 0 Å². The van der Waals surface area contributed by atoms with Crippen LogP contribution in [0.15, 0.2) is 45.7 Å². The molecule has 0 atom stereocenters. The minimum atomic E-state index is -4.13. The molecule has 0 unspecified atom stereocenters. The predicted octanol–water partition coefficient (Wildman–Crippen LogP) is 2.40. The Morgan fingerprint density at radius 1 is 1.10 bits per heavy atom. The van der Waals surface area contributed by atoms with Gasteiger partial charge in [-0.1, -0.05) is 0 Å². The van der Waals surface area contributed by atoms with E-state index in [1.165, 1.54) is 4.90 Å². The Kier molecular flexibility index (Phi) is 5.16. The molecule has 4 rings (SSSR count). The second-order valence-corrected chi connectivity index (χ2v) is 8.75. The van der Waals surface area contributed by atoms with Crippen molar-refractivity contribution in [1.82, 2.24) is 19.4 Å². The molecule has 0 radical (unpaired) electrons. The van der Waals surface area contributed by atoms with Crippen LogP contribution in [-0.4, -0.2) is 59.9 Å². The number of carbonyl (C=O) groups excluding carboxylic acids is 1. The normalized spacial score (nSPS) is 15.5. The van der Waals surface area contributed by atoms with Gasteiger partial charge in [0, 0.05) is 38.3 Å². The number of nitrogens with zero attached hydrogens (tertiary/aromatic N) is 3. The zero-order valence-electron chi connectivity index (χ0n) is 15.9. The second kappa shape index (κ2) is 7.65. The molecule has 1 fully saturated rings.